The number of nitrogens with zero attached hydrogens (tertiary/aromatic N) is 4. The lowest BCUT2D eigenvalue weighted by molar-refractivity contribution is 0.0624. The fourth-order valence-electron chi connectivity index (χ4n) is 2.13. The van der Waals surface area contributed by atoms with Crippen molar-refractivity contribution in [3.63, 3.8) is 0 Å². The maximum Gasteiger partial charge on any atom is 0.272 e. The Morgan fingerprint density at radius 3 is 2.63 bits per heavy atom. The molecule has 0 spiro atoms. The van der Waals surface area contributed by atoms with Crippen LogP contribution in [0, 0.1) is 0 Å². The van der Waals surface area contributed by atoms with E-state index in [9.17, 15) is 4.79 Å². The molecule has 1 aromatic heterocycles. The Morgan fingerprint density at radius 2 is 2.11 bits per heavy atom. The van der Waals surface area contributed by atoms with E-state index in [0.717, 1.165) is 39.3 Å². The lowest BCUT2D eigenvalue weighted by Gasteiger charge is -2.34. The summed E-state index contributed by atoms with van der Waals surface area (Å²) in [5.41, 5.74) is 5.98. The van der Waals surface area contributed by atoms with Crippen molar-refractivity contribution in [2.24, 2.45) is 0 Å². The lowest BCUT2D eigenvalue weighted by atomic mass is 10.2. The Labute approximate surface area is 113 Å². The first-order chi connectivity index (χ1) is 9.06. The smallest absolute Gasteiger partial charge is 0.272 e. The molecule has 106 valence electrons. The third kappa shape index (κ3) is 3.68. The van der Waals surface area contributed by atoms with Crippen molar-refractivity contribution in [3.05, 3.63) is 11.8 Å². The van der Waals surface area contributed by atoms with Gasteiger partial charge in [0.05, 0.1) is 0 Å². The number of nitrogens with one attached hydrogen (secondary N) is 1. The van der Waals surface area contributed by atoms with Gasteiger partial charge in [0.2, 0.25) is 0 Å². The van der Waals surface area contributed by atoms with E-state index in [0.29, 0.717) is 11.5 Å². The van der Waals surface area contributed by atoms with Crippen LogP contribution in [0.4, 0.5) is 5.82 Å². The zero-order valence-corrected chi connectivity index (χ0v) is 11.6. The molecule has 2 heterocycles. The van der Waals surface area contributed by atoms with Crippen LogP contribution in [0.5, 0.6) is 0 Å². The van der Waals surface area contributed by atoms with Crippen LogP contribution in [-0.4, -0.2) is 84.2 Å². The number of carbonyl (C=O) groups excluding carboxylic acids is 1. The van der Waals surface area contributed by atoms with Crippen molar-refractivity contribution in [1.29, 1.82) is 0 Å². The molecule has 1 aromatic rings. The zero-order valence-electron chi connectivity index (χ0n) is 11.6. The van der Waals surface area contributed by atoms with Gasteiger partial charge < -0.3 is 15.5 Å². The maximum absolute atomic E-state index is 12.2. The summed E-state index contributed by atoms with van der Waals surface area (Å²) in [5.74, 6) is 0.337. The van der Waals surface area contributed by atoms with Crippen molar-refractivity contribution in [2.75, 3.05) is 59.1 Å². The topological polar surface area (TPSA) is 81.5 Å². The number of nitrogens with two attached hydrogens (primary N) is 1. The van der Waals surface area contributed by atoms with Gasteiger partial charge in [-0.25, -0.2) is 0 Å². The summed E-state index contributed by atoms with van der Waals surface area (Å²) in [7, 11) is 4.14. The highest BCUT2D eigenvalue weighted by Crippen LogP contribution is 2.08. The number of piperazine rings is 1. The van der Waals surface area contributed by atoms with E-state index in [-0.39, 0.29) is 5.91 Å². The molecule has 0 atom stereocenters. The van der Waals surface area contributed by atoms with Crippen LogP contribution in [0.3, 0.4) is 0 Å². The highest BCUT2D eigenvalue weighted by atomic mass is 16.2. The third-order valence-electron chi connectivity index (χ3n) is 3.35. The summed E-state index contributed by atoms with van der Waals surface area (Å²) in [4.78, 5) is 18.6. The number of likely N-dealkylation sites (N-methyl/N-ethyl adjacent to an activating group) is 1. The van der Waals surface area contributed by atoms with Crippen LogP contribution >= 0.6 is 0 Å². The van der Waals surface area contributed by atoms with Crippen LogP contribution in [0.2, 0.25) is 0 Å². The van der Waals surface area contributed by atoms with Crippen molar-refractivity contribution < 1.29 is 4.79 Å². The monoisotopic (exact) mass is 266 g/mol. The van der Waals surface area contributed by atoms with Gasteiger partial charge >= 0.3 is 0 Å². The van der Waals surface area contributed by atoms with E-state index in [4.69, 9.17) is 5.73 Å². The summed E-state index contributed by atoms with van der Waals surface area (Å²) in [5, 5.41) is 6.45. The molecule has 1 amide bonds. The normalized spacial score (nSPS) is 17.1. The van der Waals surface area contributed by atoms with Crippen LogP contribution < -0.4 is 5.73 Å². The van der Waals surface area contributed by atoms with Gasteiger partial charge in [-0.15, -0.1) is 0 Å². The molecule has 0 radical (unpaired) electrons. The zero-order chi connectivity index (χ0) is 13.8. The Kier molecular flexibility index (Phi) is 4.39. The molecule has 1 aliphatic rings. The van der Waals surface area contributed by atoms with Crippen LogP contribution in [0.15, 0.2) is 6.07 Å². The van der Waals surface area contributed by atoms with E-state index in [1.807, 2.05) is 4.90 Å². The van der Waals surface area contributed by atoms with E-state index < -0.39 is 0 Å². The minimum Gasteiger partial charge on any atom is -0.382 e. The van der Waals surface area contributed by atoms with Gasteiger partial charge in [-0.1, -0.05) is 0 Å². The number of carbonyl (C=O) groups is 1. The molecule has 0 aromatic carbocycles. The van der Waals surface area contributed by atoms with Crippen molar-refractivity contribution in [3.8, 4) is 0 Å². The summed E-state index contributed by atoms with van der Waals surface area (Å²) >= 11 is 0. The fraction of sp³-hybridized carbons (Fsp3) is 0.667. The fourth-order valence-corrected chi connectivity index (χ4v) is 2.13. The second kappa shape index (κ2) is 6.03. The molecule has 0 unspecified atom stereocenters. The molecule has 7 heteroatoms. The van der Waals surface area contributed by atoms with Crippen molar-refractivity contribution in [2.45, 2.75) is 0 Å². The quantitative estimate of drug-likeness (QED) is 0.754. The van der Waals surface area contributed by atoms with Gasteiger partial charge in [0.15, 0.2) is 0 Å². The number of nitrogen functional groups attached to an aromatic ring is 1. The molecule has 19 heavy (non-hydrogen) atoms. The Bertz CT molecular complexity index is 422. The number of H-pyrrole nitrogens is 1. The minimum atomic E-state index is -0.0172. The molecular weight excluding hydrogens is 244 g/mol. The number of anilines is 1. The Morgan fingerprint density at radius 1 is 1.42 bits per heavy atom. The van der Waals surface area contributed by atoms with Gasteiger partial charge in [0.25, 0.3) is 5.91 Å². The molecule has 1 saturated heterocycles. The van der Waals surface area contributed by atoms with E-state index in [1.54, 1.807) is 6.07 Å². The summed E-state index contributed by atoms with van der Waals surface area (Å²) in [6.45, 7) is 5.44. The van der Waals surface area contributed by atoms with Crippen LogP contribution in [-0.2, 0) is 0 Å². The Hall–Kier alpha value is -1.60. The second-order valence-corrected chi connectivity index (χ2v) is 5.14. The lowest BCUT2D eigenvalue weighted by Crippen LogP contribution is -2.50. The van der Waals surface area contributed by atoms with Gasteiger partial charge in [-0.3, -0.25) is 14.8 Å². The van der Waals surface area contributed by atoms with Crippen LogP contribution in [0.1, 0.15) is 10.5 Å². The molecular formula is C12H22N6O. The predicted molar refractivity (Wildman–Crippen MR) is 73.9 cm³/mol. The summed E-state index contributed by atoms with van der Waals surface area (Å²) in [6.07, 6.45) is 0. The highest BCUT2D eigenvalue weighted by molar-refractivity contribution is 5.93. The molecule has 0 aliphatic carbocycles. The molecule has 0 bridgehead atoms. The molecule has 3 N–H and O–H groups in total. The summed E-state index contributed by atoms with van der Waals surface area (Å²) in [6, 6.07) is 1.58. The van der Waals surface area contributed by atoms with Gasteiger partial charge in [-0.05, 0) is 14.1 Å². The van der Waals surface area contributed by atoms with Crippen molar-refractivity contribution in [1.82, 2.24) is 24.9 Å². The number of rotatable bonds is 4. The molecule has 0 saturated carbocycles. The number of hydrogen-bond acceptors (Lipinski definition) is 5. The number of aromatic nitrogens is 2. The summed E-state index contributed by atoms with van der Waals surface area (Å²) < 4.78 is 0. The highest BCUT2D eigenvalue weighted by Gasteiger charge is 2.23. The number of aromatic amines is 1. The first-order valence-electron chi connectivity index (χ1n) is 6.53. The third-order valence-corrected chi connectivity index (χ3v) is 3.35. The Balaban J connectivity index is 1.81. The average Bonchev–Trinajstić information content (AvgIpc) is 2.83. The second-order valence-electron chi connectivity index (χ2n) is 5.14. The molecule has 1 fully saturated rings. The number of hydrogen-bond donors (Lipinski definition) is 2. The largest absolute Gasteiger partial charge is 0.382 e. The first kappa shape index (κ1) is 13.8. The SMILES string of the molecule is CN(C)CCN1CCN(C(=O)c2cc(N)n[nH]2)CC1. The van der Waals surface area contributed by atoms with Crippen molar-refractivity contribution >= 4 is 11.7 Å². The maximum atomic E-state index is 12.2. The van der Waals surface area contributed by atoms with Gasteiger partial charge in [-0.2, -0.15) is 5.10 Å². The number of amides is 1. The van der Waals surface area contributed by atoms with Gasteiger partial charge in [0.1, 0.15) is 11.5 Å². The van der Waals surface area contributed by atoms with E-state index in [2.05, 4.69) is 34.1 Å². The minimum absolute atomic E-state index is 0.0172. The average molecular weight is 266 g/mol. The predicted octanol–water partition coefficient (Wildman–Crippen LogP) is -0.689. The van der Waals surface area contributed by atoms with E-state index >= 15 is 0 Å². The van der Waals surface area contributed by atoms with E-state index in [1.165, 1.54) is 0 Å². The first-order valence-corrected chi connectivity index (χ1v) is 6.53. The van der Waals surface area contributed by atoms with Crippen LogP contribution in [0.25, 0.3) is 0 Å². The molecule has 1 aliphatic heterocycles. The molecule has 2 rings (SSSR count). The standard InChI is InChI=1S/C12H22N6O/c1-16(2)3-4-17-5-7-18(8-6-17)12(19)10-9-11(13)15-14-10/h9H,3-8H2,1-2H3,(H3,13,14,15). The van der Waals surface area contributed by atoms with Gasteiger partial charge in [0, 0.05) is 45.3 Å². The molecule has 7 nitrogen and oxygen atoms in total.